The molecule has 0 aromatic carbocycles. The van der Waals surface area contributed by atoms with Crippen molar-refractivity contribution in [3.05, 3.63) is 24.2 Å². The van der Waals surface area contributed by atoms with Gasteiger partial charge in [0.05, 0.1) is 17.4 Å². The second-order valence-electron chi connectivity index (χ2n) is 4.75. The Kier molecular flexibility index (Phi) is 3.67. The van der Waals surface area contributed by atoms with Crippen molar-refractivity contribution in [1.29, 1.82) is 0 Å². The van der Waals surface area contributed by atoms with Crippen molar-refractivity contribution >= 4 is 5.78 Å². The summed E-state index contributed by atoms with van der Waals surface area (Å²) < 4.78 is 5.05. The molecule has 1 aromatic heterocycles. The number of likely N-dealkylation sites (N-methyl/N-ethyl adjacent to an activating group) is 1. The summed E-state index contributed by atoms with van der Waals surface area (Å²) >= 11 is 0. The standard InChI is InChI=1S/C14H21NO2/c1-3-15(4-2)14(8-5-6-9-14)13(16)12-7-10-17-11-12/h7,10-11H,3-6,8-9H2,1-2H3. The highest BCUT2D eigenvalue weighted by atomic mass is 16.3. The molecule has 0 bridgehead atoms. The van der Waals surface area contributed by atoms with E-state index in [4.69, 9.17) is 4.42 Å². The molecule has 0 saturated heterocycles. The first-order chi connectivity index (χ1) is 8.24. The molecule has 0 unspecified atom stereocenters. The van der Waals surface area contributed by atoms with Crippen LogP contribution in [-0.2, 0) is 0 Å². The largest absolute Gasteiger partial charge is 0.472 e. The monoisotopic (exact) mass is 235 g/mol. The summed E-state index contributed by atoms with van der Waals surface area (Å²) in [6.45, 7) is 6.12. The predicted molar refractivity (Wildman–Crippen MR) is 67.2 cm³/mol. The Morgan fingerprint density at radius 1 is 1.35 bits per heavy atom. The minimum Gasteiger partial charge on any atom is -0.472 e. The molecule has 0 atom stereocenters. The lowest BCUT2D eigenvalue weighted by Gasteiger charge is -2.38. The number of hydrogen-bond acceptors (Lipinski definition) is 3. The molecule has 0 N–H and O–H groups in total. The van der Waals surface area contributed by atoms with Gasteiger partial charge in [0.1, 0.15) is 6.26 Å². The topological polar surface area (TPSA) is 33.5 Å². The van der Waals surface area contributed by atoms with Crippen LogP contribution in [0.15, 0.2) is 23.0 Å². The van der Waals surface area contributed by atoms with Crippen molar-refractivity contribution in [2.24, 2.45) is 0 Å². The van der Waals surface area contributed by atoms with Gasteiger partial charge in [-0.25, -0.2) is 0 Å². The second-order valence-corrected chi connectivity index (χ2v) is 4.75. The van der Waals surface area contributed by atoms with Crippen molar-refractivity contribution in [3.8, 4) is 0 Å². The third-order valence-electron chi connectivity index (χ3n) is 4.01. The van der Waals surface area contributed by atoms with Gasteiger partial charge in [0.2, 0.25) is 0 Å². The highest BCUT2D eigenvalue weighted by molar-refractivity contribution is 6.03. The van der Waals surface area contributed by atoms with Gasteiger partial charge in [-0.15, -0.1) is 0 Å². The Labute approximate surface area is 103 Å². The number of carbonyl (C=O) groups is 1. The molecule has 0 spiro atoms. The van der Waals surface area contributed by atoms with E-state index >= 15 is 0 Å². The zero-order valence-electron chi connectivity index (χ0n) is 10.7. The van der Waals surface area contributed by atoms with Crippen LogP contribution in [0.3, 0.4) is 0 Å². The van der Waals surface area contributed by atoms with Crippen LogP contribution in [0.1, 0.15) is 49.9 Å². The lowest BCUT2D eigenvalue weighted by molar-refractivity contribution is 0.0583. The molecule has 3 heteroatoms. The molecule has 1 aliphatic rings. The zero-order chi connectivity index (χ0) is 12.3. The second kappa shape index (κ2) is 5.05. The van der Waals surface area contributed by atoms with E-state index in [1.807, 2.05) is 0 Å². The SMILES string of the molecule is CCN(CC)C1(C(=O)c2ccoc2)CCCC1. The van der Waals surface area contributed by atoms with Crippen LogP contribution in [0.4, 0.5) is 0 Å². The van der Waals surface area contributed by atoms with Gasteiger partial charge >= 0.3 is 0 Å². The van der Waals surface area contributed by atoms with Crippen LogP contribution in [0, 0.1) is 0 Å². The normalized spacial score (nSPS) is 18.8. The number of rotatable bonds is 5. The van der Waals surface area contributed by atoms with E-state index in [0.717, 1.165) is 44.3 Å². The summed E-state index contributed by atoms with van der Waals surface area (Å²) in [7, 11) is 0. The van der Waals surface area contributed by atoms with Crippen LogP contribution in [0.2, 0.25) is 0 Å². The molecular weight excluding hydrogens is 214 g/mol. The van der Waals surface area contributed by atoms with E-state index in [-0.39, 0.29) is 11.3 Å². The average molecular weight is 235 g/mol. The molecule has 0 aliphatic heterocycles. The predicted octanol–water partition coefficient (Wildman–Crippen LogP) is 3.12. The van der Waals surface area contributed by atoms with Gasteiger partial charge in [-0.1, -0.05) is 26.7 Å². The van der Waals surface area contributed by atoms with Gasteiger partial charge in [-0.2, -0.15) is 0 Å². The Balaban J connectivity index is 2.31. The molecule has 17 heavy (non-hydrogen) atoms. The van der Waals surface area contributed by atoms with Gasteiger partial charge in [0, 0.05) is 0 Å². The quantitative estimate of drug-likeness (QED) is 0.735. The maximum Gasteiger partial charge on any atom is 0.186 e. The van der Waals surface area contributed by atoms with Crippen molar-refractivity contribution < 1.29 is 9.21 Å². The van der Waals surface area contributed by atoms with Crippen LogP contribution >= 0.6 is 0 Å². The number of nitrogens with zero attached hydrogens (tertiary/aromatic N) is 1. The minimum atomic E-state index is -0.270. The molecule has 1 fully saturated rings. The Morgan fingerprint density at radius 3 is 2.47 bits per heavy atom. The van der Waals surface area contributed by atoms with E-state index in [1.165, 1.54) is 0 Å². The molecule has 0 amide bonds. The summed E-state index contributed by atoms with van der Waals surface area (Å²) in [5.74, 6) is 0.243. The molecular formula is C14H21NO2. The summed E-state index contributed by atoms with van der Waals surface area (Å²) in [6, 6.07) is 1.78. The summed E-state index contributed by atoms with van der Waals surface area (Å²) in [5, 5.41) is 0. The maximum absolute atomic E-state index is 12.7. The van der Waals surface area contributed by atoms with Crippen LogP contribution in [-0.4, -0.2) is 29.3 Å². The maximum atomic E-state index is 12.7. The number of furan rings is 1. The first-order valence-corrected chi connectivity index (χ1v) is 6.56. The van der Waals surface area contributed by atoms with E-state index in [9.17, 15) is 4.79 Å². The lowest BCUT2D eigenvalue weighted by Crippen LogP contribution is -2.52. The van der Waals surface area contributed by atoms with Gasteiger partial charge in [-0.05, 0) is 32.0 Å². The van der Waals surface area contributed by atoms with Crippen LogP contribution in [0.25, 0.3) is 0 Å². The van der Waals surface area contributed by atoms with Crippen molar-refractivity contribution in [3.63, 3.8) is 0 Å². The van der Waals surface area contributed by atoms with Crippen molar-refractivity contribution in [1.82, 2.24) is 4.90 Å². The van der Waals surface area contributed by atoms with E-state index in [0.29, 0.717) is 0 Å². The minimum absolute atomic E-state index is 0.243. The first-order valence-electron chi connectivity index (χ1n) is 6.56. The molecule has 94 valence electrons. The Hall–Kier alpha value is -1.09. The van der Waals surface area contributed by atoms with E-state index in [1.54, 1.807) is 18.6 Å². The molecule has 2 rings (SSSR count). The fourth-order valence-electron chi connectivity index (χ4n) is 3.14. The zero-order valence-corrected chi connectivity index (χ0v) is 10.7. The molecule has 0 radical (unpaired) electrons. The van der Waals surface area contributed by atoms with Gasteiger partial charge in [0.25, 0.3) is 0 Å². The summed E-state index contributed by atoms with van der Waals surface area (Å²) in [5.41, 5.74) is 0.451. The van der Waals surface area contributed by atoms with Gasteiger partial charge in [0.15, 0.2) is 5.78 Å². The first kappa shape index (κ1) is 12.4. The Bertz CT molecular complexity index is 360. The van der Waals surface area contributed by atoms with Gasteiger partial charge < -0.3 is 4.42 Å². The molecule has 3 nitrogen and oxygen atoms in total. The molecule has 1 aromatic rings. The lowest BCUT2D eigenvalue weighted by atomic mass is 9.86. The molecule has 1 heterocycles. The smallest absolute Gasteiger partial charge is 0.186 e. The molecule has 1 aliphatic carbocycles. The van der Waals surface area contributed by atoms with Crippen LogP contribution < -0.4 is 0 Å². The fraction of sp³-hybridized carbons (Fsp3) is 0.643. The summed E-state index contributed by atoms with van der Waals surface area (Å²) in [6.07, 6.45) is 7.43. The molecule has 1 saturated carbocycles. The number of Topliss-reactive ketones (excluding diaryl/α,β-unsaturated/α-hetero) is 1. The number of carbonyl (C=O) groups excluding carboxylic acids is 1. The number of hydrogen-bond donors (Lipinski definition) is 0. The van der Waals surface area contributed by atoms with E-state index in [2.05, 4.69) is 18.7 Å². The van der Waals surface area contributed by atoms with Crippen molar-refractivity contribution in [2.75, 3.05) is 13.1 Å². The summed E-state index contributed by atoms with van der Waals surface area (Å²) in [4.78, 5) is 15.0. The third kappa shape index (κ3) is 2.04. The highest BCUT2D eigenvalue weighted by Crippen LogP contribution is 2.38. The third-order valence-corrected chi connectivity index (χ3v) is 4.01. The van der Waals surface area contributed by atoms with Crippen molar-refractivity contribution in [2.45, 2.75) is 45.1 Å². The average Bonchev–Trinajstić information content (AvgIpc) is 3.02. The fourth-order valence-corrected chi connectivity index (χ4v) is 3.14. The van der Waals surface area contributed by atoms with Gasteiger partial charge in [-0.3, -0.25) is 9.69 Å². The number of ketones is 1. The highest BCUT2D eigenvalue weighted by Gasteiger charge is 2.45. The Morgan fingerprint density at radius 2 is 2.00 bits per heavy atom. The van der Waals surface area contributed by atoms with E-state index < -0.39 is 0 Å². The van der Waals surface area contributed by atoms with Crippen LogP contribution in [0.5, 0.6) is 0 Å².